The zero-order valence-corrected chi connectivity index (χ0v) is 11.2. The Morgan fingerprint density at radius 2 is 2.05 bits per heavy atom. The van der Waals surface area contributed by atoms with Gasteiger partial charge in [-0.1, -0.05) is 24.1 Å². The summed E-state index contributed by atoms with van der Waals surface area (Å²) in [4.78, 5) is 0.201. The molecule has 2 aromatic carbocycles. The molecule has 2 aromatic rings. The predicted molar refractivity (Wildman–Crippen MR) is 77.0 cm³/mol. The van der Waals surface area contributed by atoms with Crippen molar-refractivity contribution in [2.45, 2.75) is 17.9 Å². The molecular formula is C14H14N2O2S. The number of fused-ring (bicyclic) bond motifs is 1. The van der Waals surface area contributed by atoms with Crippen LogP contribution < -0.4 is 10.5 Å². The first-order valence-corrected chi connectivity index (χ1v) is 7.19. The van der Waals surface area contributed by atoms with Gasteiger partial charge in [-0.25, -0.2) is 8.42 Å². The molecule has 1 unspecified atom stereocenters. The van der Waals surface area contributed by atoms with Crippen LogP contribution >= 0.6 is 0 Å². The molecule has 1 atom stereocenters. The number of hydrogen-bond donors (Lipinski definition) is 2. The van der Waals surface area contributed by atoms with Gasteiger partial charge in [0.25, 0.3) is 0 Å². The molecule has 3 N–H and O–H groups in total. The van der Waals surface area contributed by atoms with Crippen LogP contribution in [-0.4, -0.2) is 14.5 Å². The van der Waals surface area contributed by atoms with Crippen molar-refractivity contribution in [1.29, 1.82) is 0 Å². The lowest BCUT2D eigenvalue weighted by molar-refractivity contribution is 0.578. The van der Waals surface area contributed by atoms with Gasteiger partial charge in [0.05, 0.1) is 10.9 Å². The fourth-order valence-electron chi connectivity index (χ4n) is 1.84. The largest absolute Gasteiger partial charge is 0.399 e. The number of terminal acetylenes is 1. The van der Waals surface area contributed by atoms with Crippen LogP contribution in [0.25, 0.3) is 10.8 Å². The Morgan fingerprint density at radius 3 is 2.74 bits per heavy atom. The summed E-state index contributed by atoms with van der Waals surface area (Å²) in [6.45, 7) is 1.61. The van der Waals surface area contributed by atoms with E-state index in [0.29, 0.717) is 11.1 Å². The van der Waals surface area contributed by atoms with Crippen LogP contribution in [0.4, 0.5) is 5.69 Å². The van der Waals surface area contributed by atoms with Gasteiger partial charge < -0.3 is 5.73 Å². The molecule has 0 amide bonds. The van der Waals surface area contributed by atoms with Crippen LogP contribution in [0.15, 0.2) is 41.3 Å². The van der Waals surface area contributed by atoms with Crippen molar-refractivity contribution in [3.8, 4) is 12.3 Å². The van der Waals surface area contributed by atoms with Crippen molar-refractivity contribution in [3.05, 3.63) is 36.4 Å². The Kier molecular flexibility index (Phi) is 3.47. The van der Waals surface area contributed by atoms with Gasteiger partial charge in [0.2, 0.25) is 10.0 Å². The quantitative estimate of drug-likeness (QED) is 0.661. The van der Waals surface area contributed by atoms with E-state index in [1.54, 1.807) is 37.3 Å². The summed E-state index contributed by atoms with van der Waals surface area (Å²) in [6, 6.07) is 9.58. The highest BCUT2D eigenvalue weighted by Crippen LogP contribution is 2.24. The molecule has 0 radical (unpaired) electrons. The van der Waals surface area contributed by atoms with Crippen molar-refractivity contribution in [3.63, 3.8) is 0 Å². The Morgan fingerprint density at radius 1 is 1.32 bits per heavy atom. The monoisotopic (exact) mass is 274 g/mol. The summed E-state index contributed by atoms with van der Waals surface area (Å²) in [7, 11) is -3.64. The lowest BCUT2D eigenvalue weighted by Crippen LogP contribution is -2.31. The molecule has 2 rings (SSSR count). The summed E-state index contributed by atoms with van der Waals surface area (Å²) >= 11 is 0. The van der Waals surface area contributed by atoms with Crippen LogP contribution in [0, 0.1) is 12.3 Å². The van der Waals surface area contributed by atoms with Gasteiger partial charge in [-0.2, -0.15) is 4.72 Å². The van der Waals surface area contributed by atoms with Crippen molar-refractivity contribution >= 4 is 26.5 Å². The zero-order valence-electron chi connectivity index (χ0n) is 10.4. The molecule has 4 nitrogen and oxygen atoms in total. The Hall–Kier alpha value is -2.03. The number of nitrogens with two attached hydrogens (primary N) is 1. The number of sulfonamides is 1. The first-order chi connectivity index (χ1) is 8.94. The minimum Gasteiger partial charge on any atom is -0.399 e. The summed E-state index contributed by atoms with van der Waals surface area (Å²) in [5, 5.41) is 1.39. The highest BCUT2D eigenvalue weighted by atomic mass is 32.2. The number of anilines is 1. The minimum atomic E-state index is -3.64. The van der Waals surface area contributed by atoms with Gasteiger partial charge in [0.15, 0.2) is 0 Å². The standard InChI is InChI=1S/C14H14N2O2S/c1-3-10(2)16-19(17,18)14-6-4-5-11-9-12(15)7-8-13(11)14/h1,4-10,16H,15H2,2H3. The molecule has 0 spiro atoms. The van der Waals surface area contributed by atoms with E-state index in [4.69, 9.17) is 12.2 Å². The first-order valence-electron chi connectivity index (χ1n) is 5.71. The molecular weight excluding hydrogens is 260 g/mol. The number of nitrogen functional groups attached to an aromatic ring is 1. The van der Waals surface area contributed by atoms with Gasteiger partial charge in [-0.05, 0) is 30.5 Å². The van der Waals surface area contributed by atoms with Crippen LogP contribution in [0.5, 0.6) is 0 Å². The Labute approximate surface area is 112 Å². The fraction of sp³-hybridized carbons (Fsp3) is 0.143. The minimum absolute atomic E-state index is 0.201. The third-order valence-electron chi connectivity index (χ3n) is 2.74. The van der Waals surface area contributed by atoms with Crippen molar-refractivity contribution in [2.24, 2.45) is 0 Å². The second-order valence-electron chi connectivity index (χ2n) is 4.25. The fourth-order valence-corrected chi connectivity index (χ4v) is 3.23. The van der Waals surface area contributed by atoms with E-state index < -0.39 is 16.1 Å². The smallest absolute Gasteiger partial charge is 0.242 e. The van der Waals surface area contributed by atoms with Crippen LogP contribution in [0.2, 0.25) is 0 Å². The Bertz CT molecular complexity index is 761. The highest BCUT2D eigenvalue weighted by molar-refractivity contribution is 7.89. The second-order valence-corrected chi connectivity index (χ2v) is 5.93. The molecule has 0 saturated carbocycles. The van der Waals surface area contributed by atoms with Gasteiger partial charge in [0, 0.05) is 11.1 Å². The average Bonchev–Trinajstić information content (AvgIpc) is 2.37. The van der Waals surface area contributed by atoms with E-state index in [2.05, 4.69) is 10.6 Å². The number of rotatable bonds is 3. The third-order valence-corrected chi connectivity index (χ3v) is 4.33. The predicted octanol–water partition coefficient (Wildman–Crippen LogP) is 1.72. The second kappa shape index (κ2) is 4.92. The van der Waals surface area contributed by atoms with E-state index in [1.807, 2.05) is 6.07 Å². The molecule has 19 heavy (non-hydrogen) atoms. The van der Waals surface area contributed by atoms with Crippen LogP contribution in [-0.2, 0) is 10.0 Å². The van der Waals surface area contributed by atoms with E-state index in [9.17, 15) is 8.42 Å². The number of hydrogen-bond acceptors (Lipinski definition) is 3. The molecule has 0 aliphatic rings. The molecule has 0 aliphatic heterocycles. The van der Waals surface area contributed by atoms with Gasteiger partial charge >= 0.3 is 0 Å². The summed E-state index contributed by atoms with van der Waals surface area (Å²) in [5.74, 6) is 2.34. The third kappa shape index (κ3) is 2.70. The Balaban J connectivity index is 2.60. The normalized spacial score (nSPS) is 13.1. The van der Waals surface area contributed by atoms with Crippen molar-refractivity contribution in [1.82, 2.24) is 4.72 Å². The van der Waals surface area contributed by atoms with E-state index in [-0.39, 0.29) is 4.90 Å². The lowest BCUT2D eigenvalue weighted by atomic mass is 10.1. The lowest BCUT2D eigenvalue weighted by Gasteiger charge is -2.11. The summed E-state index contributed by atoms with van der Waals surface area (Å²) < 4.78 is 27.0. The summed E-state index contributed by atoms with van der Waals surface area (Å²) in [5.41, 5.74) is 6.28. The highest BCUT2D eigenvalue weighted by Gasteiger charge is 2.18. The molecule has 0 aromatic heterocycles. The van der Waals surface area contributed by atoms with Crippen LogP contribution in [0.3, 0.4) is 0 Å². The van der Waals surface area contributed by atoms with Gasteiger partial charge in [-0.3, -0.25) is 0 Å². The van der Waals surface area contributed by atoms with Crippen LogP contribution in [0.1, 0.15) is 6.92 Å². The van der Waals surface area contributed by atoms with Gasteiger partial charge in [0.1, 0.15) is 0 Å². The molecule has 5 heteroatoms. The molecule has 98 valence electrons. The molecule has 0 bridgehead atoms. The molecule has 0 fully saturated rings. The maximum absolute atomic E-state index is 12.3. The number of benzene rings is 2. The topological polar surface area (TPSA) is 72.2 Å². The maximum Gasteiger partial charge on any atom is 0.242 e. The maximum atomic E-state index is 12.3. The zero-order chi connectivity index (χ0) is 14.0. The van der Waals surface area contributed by atoms with E-state index in [1.165, 1.54) is 0 Å². The van der Waals surface area contributed by atoms with Crippen molar-refractivity contribution < 1.29 is 8.42 Å². The van der Waals surface area contributed by atoms with Gasteiger partial charge in [-0.15, -0.1) is 6.42 Å². The average molecular weight is 274 g/mol. The first kappa shape index (κ1) is 13.4. The molecule has 0 aliphatic carbocycles. The number of nitrogens with one attached hydrogen (secondary N) is 1. The molecule has 0 saturated heterocycles. The SMILES string of the molecule is C#CC(C)NS(=O)(=O)c1cccc2cc(N)ccc12. The summed E-state index contributed by atoms with van der Waals surface area (Å²) in [6.07, 6.45) is 5.20. The molecule has 0 heterocycles. The van der Waals surface area contributed by atoms with E-state index >= 15 is 0 Å². The van der Waals surface area contributed by atoms with Crippen molar-refractivity contribution in [2.75, 3.05) is 5.73 Å². The van der Waals surface area contributed by atoms with E-state index in [0.717, 1.165) is 5.39 Å².